The summed E-state index contributed by atoms with van der Waals surface area (Å²) in [6.07, 6.45) is 1.45. The van der Waals surface area contributed by atoms with Crippen molar-refractivity contribution >= 4 is 28.8 Å². The van der Waals surface area contributed by atoms with Crippen LogP contribution in [0.2, 0.25) is 5.02 Å². The van der Waals surface area contributed by atoms with Gasteiger partial charge in [-0.2, -0.15) is 0 Å². The molecule has 0 bridgehead atoms. The average molecular weight is 238 g/mol. The number of aromatic nitrogens is 1. The molecule has 1 heterocycles. The third-order valence-corrected chi connectivity index (χ3v) is 2.28. The largest absolute Gasteiger partial charge is 0.397 e. The number of nitrogens with one attached hydrogen (secondary N) is 1. The molecule has 1 aromatic carbocycles. The summed E-state index contributed by atoms with van der Waals surface area (Å²) >= 11 is 5.90. The smallest absolute Gasteiger partial charge is 0.149 e. The summed E-state index contributed by atoms with van der Waals surface area (Å²) < 4.78 is 13.3. The fourth-order valence-electron chi connectivity index (χ4n) is 1.23. The Morgan fingerprint density at radius 1 is 1.31 bits per heavy atom. The van der Waals surface area contributed by atoms with Crippen LogP contribution in [-0.2, 0) is 0 Å². The molecular weight excluding hydrogens is 229 g/mol. The molecule has 0 aliphatic carbocycles. The van der Waals surface area contributed by atoms with Gasteiger partial charge in [0.15, 0.2) is 0 Å². The van der Waals surface area contributed by atoms with Crippen molar-refractivity contribution in [2.24, 2.45) is 0 Å². The van der Waals surface area contributed by atoms with Crippen LogP contribution in [0.3, 0.4) is 0 Å². The van der Waals surface area contributed by atoms with E-state index in [4.69, 9.17) is 17.3 Å². The second-order valence-electron chi connectivity index (χ2n) is 3.20. The maximum absolute atomic E-state index is 13.3. The highest BCUT2D eigenvalue weighted by atomic mass is 35.5. The molecule has 0 saturated heterocycles. The van der Waals surface area contributed by atoms with E-state index in [2.05, 4.69) is 10.3 Å². The predicted octanol–water partition coefficient (Wildman–Crippen LogP) is 3.20. The molecule has 5 heteroatoms. The van der Waals surface area contributed by atoms with Crippen molar-refractivity contribution in [2.45, 2.75) is 0 Å². The molecule has 0 saturated carbocycles. The summed E-state index contributed by atoms with van der Waals surface area (Å²) in [5, 5.41) is 3.14. The third kappa shape index (κ3) is 2.23. The number of halogens is 2. The van der Waals surface area contributed by atoms with Crippen molar-refractivity contribution in [3.8, 4) is 0 Å². The molecule has 0 atom stereocenters. The first-order chi connectivity index (χ1) is 7.66. The number of hydrogen-bond acceptors (Lipinski definition) is 3. The number of benzene rings is 1. The van der Waals surface area contributed by atoms with Crippen LogP contribution in [0.15, 0.2) is 36.5 Å². The SMILES string of the molecule is Nc1cnc(Nc2ccccc2F)c(Cl)c1. The minimum Gasteiger partial charge on any atom is -0.397 e. The van der Waals surface area contributed by atoms with Gasteiger partial charge in [-0.15, -0.1) is 0 Å². The number of para-hydroxylation sites is 1. The van der Waals surface area contributed by atoms with Gasteiger partial charge in [0.1, 0.15) is 11.6 Å². The second-order valence-corrected chi connectivity index (χ2v) is 3.61. The highest BCUT2D eigenvalue weighted by Crippen LogP contribution is 2.25. The van der Waals surface area contributed by atoms with Crippen molar-refractivity contribution in [1.82, 2.24) is 4.98 Å². The normalized spacial score (nSPS) is 10.1. The first-order valence-electron chi connectivity index (χ1n) is 4.59. The second kappa shape index (κ2) is 4.37. The number of nitrogens with zero attached hydrogens (tertiary/aromatic N) is 1. The molecule has 0 aliphatic rings. The standard InChI is InChI=1S/C11H9ClFN3/c12-8-5-7(14)6-15-11(8)16-10-4-2-1-3-9(10)13/h1-6H,14H2,(H,15,16). The van der Waals surface area contributed by atoms with Gasteiger partial charge in [0, 0.05) is 0 Å². The summed E-state index contributed by atoms with van der Waals surface area (Å²) in [6.45, 7) is 0. The summed E-state index contributed by atoms with van der Waals surface area (Å²) in [4.78, 5) is 3.98. The number of pyridine rings is 1. The molecule has 3 N–H and O–H groups in total. The lowest BCUT2D eigenvalue weighted by molar-refractivity contribution is 0.632. The lowest BCUT2D eigenvalue weighted by atomic mass is 10.3. The van der Waals surface area contributed by atoms with Crippen molar-refractivity contribution < 1.29 is 4.39 Å². The van der Waals surface area contributed by atoms with Gasteiger partial charge in [-0.05, 0) is 18.2 Å². The molecule has 2 aromatic rings. The van der Waals surface area contributed by atoms with Crippen molar-refractivity contribution in [1.29, 1.82) is 0 Å². The van der Waals surface area contributed by atoms with E-state index >= 15 is 0 Å². The molecule has 0 aliphatic heterocycles. The van der Waals surface area contributed by atoms with E-state index < -0.39 is 0 Å². The van der Waals surface area contributed by atoms with E-state index in [1.165, 1.54) is 12.3 Å². The topological polar surface area (TPSA) is 50.9 Å². The molecule has 1 aromatic heterocycles. The summed E-state index contributed by atoms with van der Waals surface area (Å²) in [5.41, 5.74) is 6.29. The summed E-state index contributed by atoms with van der Waals surface area (Å²) in [6, 6.07) is 7.84. The monoisotopic (exact) mass is 237 g/mol. The highest BCUT2D eigenvalue weighted by Gasteiger charge is 2.05. The molecule has 0 amide bonds. The van der Waals surface area contributed by atoms with Crippen LogP contribution < -0.4 is 11.1 Å². The minimum atomic E-state index is -0.364. The van der Waals surface area contributed by atoms with Gasteiger partial charge in [-0.25, -0.2) is 9.37 Å². The van der Waals surface area contributed by atoms with Crippen LogP contribution >= 0.6 is 11.6 Å². The highest BCUT2D eigenvalue weighted by molar-refractivity contribution is 6.33. The molecule has 3 nitrogen and oxygen atoms in total. The van der Waals surface area contributed by atoms with Crippen LogP contribution in [0.1, 0.15) is 0 Å². The fourth-order valence-corrected chi connectivity index (χ4v) is 1.46. The molecule has 2 rings (SSSR count). The van der Waals surface area contributed by atoms with E-state index in [9.17, 15) is 4.39 Å². The Morgan fingerprint density at radius 2 is 2.06 bits per heavy atom. The van der Waals surface area contributed by atoms with Crippen LogP contribution in [-0.4, -0.2) is 4.98 Å². The summed E-state index contributed by atoms with van der Waals surface area (Å²) in [5.74, 6) is 0.0122. The van der Waals surface area contributed by atoms with Gasteiger partial charge in [0.2, 0.25) is 0 Å². The van der Waals surface area contributed by atoms with E-state index in [1.54, 1.807) is 24.3 Å². The number of nitrogens with two attached hydrogens (primary N) is 1. The number of rotatable bonds is 2. The van der Waals surface area contributed by atoms with Crippen LogP contribution in [0, 0.1) is 5.82 Å². The summed E-state index contributed by atoms with van der Waals surface area (Å²) in [7, 11) is 0. The van der Waals surface area contributed by atoms with Crippen molar-refractivity contribution in [2.75, 3.05) is 11.1 Å². The molecule has 0 radical (unpaired) electrons. The molecule has 0 spiro atoms. The first-order valence-corrected chi connectivity index (χ1v) is 4.97. The third-order valence-electron chi connectivity index (χ3n) is 1.99. The quantitative estimate of drug-likeness (QED) is 0.843. The van der Waals surface area contributed by atoms with E-state index in [0.717, 1.165) is 0 Å². The Labute approximate surface area is 97.1 Å². The Balaban J connectivity index is 2.31. The van der Waals surface area contributed by atoms with Gasteiger partial charge in [0.25, 0.3) is 0 Å². The van der Waals surface area contributed by atoms with E-state index in [-0.39, 0.29) is 5.82 Å². The number of hydrogen-bond donors (Lipinski definition) is 2. The predicted molar refractivity (Wildman–Crippen MR) is 63.3 cm³/mol. The van der Waals surface area contributed by atoms with Gasteiger partial charge < -0.3 is 11.1 Å². The molecule has 16 heavy (non-hydrogen) atoms. The Morgan fingerprint density at radius 3 is 2.75 bits per heavy atom. The zero-order valence-corrected chi connectivity index (χ0v) is 9.00. The maximum atomic E-state index is 13.3. The van der Waals surface area contributed by atoms with Gasteiger partial charge in [-0.3, -0.25) is 0 Å². The number of nitrogen functional groups attached to an aromatic ring is 1. The van der Waals surface area contributed by atoms with Gasteiger partial charge in [-0.1, -0.05) is 23.7 Å². The van der Waals surface area contributed by atoms with Crippen LogP contribution in [0.4, 0.5) is 21.6 Å². The van der Waals surface area contributed by atoms with Crippen LogP contribution in [0.5, 0.6) is 0 Å². The van der Waals surface area contributed by atoms with Gasteiger partial charge >= 0.3 is 0 Å². The Bertz CT molecular complexity index is 516. The molecule has 0 unspecified atom stereocenters. The molecule has 82 valence electrons. The average Bonchev–Trinajstić information content (AvgIpc) is 2.25. The van der Waals surface area contributed by atoms with Gasteiger partial charge in [0.05, 0.1) is 22.6 Å². The Hall–Kier alpha value is -1.81. The van der Waals surface area contributed by atoms with E-state index in [0.29, 0.717) is 22.2 Å². The first kappa shape index (κ1) is 10.7. The van der Waals surface area contributed by atoms with E-state index in [1.807, 2.05) is 0 Å². The maximum Gasteiger partial charge on any atom is 0.149 e. The van der Waals surface area contributed by atoms with Crippen molar-refractivity contribution in [3.63, 3.8) is 0 Å². The lowest BCUT2D eigenvalue weighted by Crippen LogP contribution is -1.97. The van der Waals surface area contributed by atoms with Crippen LogP contribution in [0.25, 0.3) is 0 Å². The fraction of sp³-hybridized carbons (Fsp3) is 0. The molecular formula is C11H9ClFN3. The number of anilines is 3. The Kier molecular flexibility index (Phi) is 2.92. The minimum absolute atomic E-state index is 0.321. The molecule has 0 fully saturated rings. The zero-order chi connectivity index (χ0) is 11.5. The van der Waals surface area contributed by atoms with Crippen molar-refractivity contribution in [3.05, 3.63) is 47.4 Å². The zero-order valence-electron chi connectivity index (χ0n) is 8.24. The lowest BCUT2D eigenvalue weighted by Gasteiger charge is -2.08.